The maximum Gasteiger partial charge on any atom is 0.328 e. The van der Waals surface area contributed by atoms with Crippen LogP contribution in [-0.4, -0.2) is 58.4 Å². The maximum absolute atomic E-state index is 11.1. The maximum atomic E-state index is 11.1. The van der Waals surface area contributed by atoms with E-state index in [-0.39, 0.29) is 24.9 Å². The first-order chi connectivity index (χ1) is 6.93. The Morgan fingerprint density at radius 1 is 1.13 bits per heavy atom. The molecule has 0 bridgehead atoms. The van der Waals surface area contributed by atoms with E-state index in [1.807, 2.05) is 0 Å². The van der Waals surface area contributed by atoms with E-state index in [9.17, 15) is 14.4 Å². The monoisotopic (exact) mass is 214 g/mol. The van der Waals surface area contributed by atoms with Crippen LogP contribution in [0.4, 0.5) is 0 Å². The van der Waals surface area contributed by atoms with Crippen molar-refractivity contribution in [2.45, 2.75) is 19.9 Å². The van der Waals surface area contributed by atoms with Gasteiger partial charge in [0.15, 0.2) is 0 Å². The van der Waals surface area contributed by atoms with Crippen LogP contribution >= 0.6 is 0 Å². The van der Waals surface area contributed by atoms with Gasteiger partial charge in [-0.05, 0) is 0 Å². The molecule has 1 aliphatic heterocycles. The van der Waals surface area contributed by atoms with Crippen molar-refractivity contribution in [1.82, 2.24) is 9.80 Å². The highest BCUT2D eigenvalue weighted by Gasteiger charge is 2.34. The Hall–Kier alpha value is -1.59. The molecule has 0 radical (unpaired) electrons. The van der Waals surface area contributed by atoms with Gasteiger partial charge in [-0.3, -0.25) is 9.59 Å². The average Bonchev–Trinajstić information content (AvgIpc) is 2.16. The minimum absolute atomic E-state index is 0.0737. The van der Waals surface area contributed by atoms with Crippen LogP contribution in [0, 0.1) is 0 Å². The summed E-state index contributed by atoms with van der Waals surface area (Å²) >= 11 is 0. The number of carboxylic acid groups (broad SMARTS) is 1. The zero-order valence-corrected chi connectivity index (χ0v) is 8.77. The standard InChI is InChI=1S/C9H14N2O4/c1-6(12)10-3-4-11(7(2)13)8(5-10)9(14)15/h8H,3-5H2,1-2H3,(H,14,15). The average molecular weight is 214 g/mol. The Morgan fingerprint density at radius 2 is 1.73 bits per heavy atom. The normalized spacial score (nSPS) is 21.3. The summed E-state index contributed by atoms with van der Waals surface area (Å²) in [6.07, 6.45) is 0. The van der Waals surface area contributed by atoms with Gasteiger partial charge in [0, 0.05) is 26.9 Å². The number of carboxylic acids is 1. The highest BCUT2D eigenvalue weighted by atomic mass is 16.4. The molecule has 0 saturated carbocycles. The molecule has 1 unspecified atom stereocenters. The number of hydrogen-bond acceptors (Lipinski definition) is 3. The van der Waals surface area contributed by atoms with Gasteiger partial charge in [0.1, 0.15) is 6.04 Å². The Labute approximate surface area is 87.5 Å². The van der Waals surface area contributed by atoms with Gasteiger partial charge in [-0.1, -0.05) is 0 Å². The van der Waals surface area contributed by atoms with Gasteiger partial charge < -0.3 is 14.9 Å². The van der Waals surface area contributed by atoms with Crippen molar-refractivity contribution in [3.8, 4) is 0 Å². The molecule has 1 heterocycles. The number of rotatable bonds is 1. The predicted octanol–water partition coefficient (Wildman–Crippen LogP) is -0.850. The van der Waals surface area contributed by atoms with Gasteiger partial charge in [0.2, 0.25) is 11.8 Å². The molecule has 2 amide bonds. The van der Waals surface area contributed by atoms with E-state index in [0.29, 0.717) is 6.54 Å². The number of aliphatic carboxylic acids is 1. The summed E-state index contributed by atoms with van der Waals surface area (Å²) in [5.41, 5.74) is 0. The molecule has 15 heavy (non-hydrogen) atoms. The van der Waals surface area contributed by atoms with E-state index in [4.69, 9.17) is 5.11 Å². The van der Waals surface area contributed by atoms with Crippen LogP contribution in [0.5, 0.6) is 0 Å². The number of carbonyl (C=O) groups is 3. The molecule has 84 valence electrons. The van der Waals surface area contributed by atoms with E-state index in [1.54, 1.807) is 0 Å². The number of hydrogen-bond donors (Lipinski definition) is 1. The minimum Gasteiger partial charge on any atom is -0.480 e. The lowest BCUT2D eigenvalue weighted by Gasteiger charge is -2.38. The quantitative estimate of drug-likeness (QED) is 0.616. The van der Waals surface area contributed by atoms with Crippen molar-refractivity contribution < 1.29 is 19.5 Å². The van der Waals surface area contributed by atoms with Crippen molar-refractivity contribution >= 4 is 17.8 Å². The predicted molar refractivity (Wildman–Crippen MR) is 51.1 cm³/mol. The first kappa shape index (κ1) is 11.5. The fourth-order valence-corrected chi connectivity index (χ4v) is 1.66. The zero-order chi connectivity index (χ0) is 11.6. The van der Waals surface area contributed by atoms with Crippen LogP contribution < -0.4 is 0 Å². The fraction of sp³-hybridized carbons (Fsp3) is 0.667. The summed E-state index contributed by atoms with van der Waals surface area (Å²) in [4.78, 5) is 35.9. The smallest absolute Gasteiger partial charge is 0.328 e. The molecule has 0 aliphatic carbocycles. The van der Waals surface area contributed by atoms with Crippen LogP contribution in [0.1, 0.15) is 13.8 Å². The van der Waals surface area contributed by atoms with Crippen molar-refractivity contribution in [2.75, 3.05) is 19.6 Å². The van der Waals surface area contributed by atoms with Gasteiger partial charge >= 0.3 is 5.97 Å². The zero-order valence-electron chi connectivity index (χ0n) is 8.77. The van der Waals surface area contributed by atoms with Gasteiger partial charge in [-0.15, -0.1) is 0 Å². The van der Waals surface area contributed by atoms with Crippen LogP contribution in [0.25, 0.3) is 0 Å². The first-order valence-corrected chi connectivity index (χ1v) is 4.69. The largest absolute Gasteiger partial charge is 0.480 e. The summed E-state index contributed by atoms with van der Waals surface area (Å²) in [5.74, 6) is -1.51. The lowest BCUT2D eigenvalue weighted by atomic mass is 10.1. The van der Waals surface area contributed by atoms with Gasteiger partial charge in [0.05, 0.1) is 6.54 Å². The minimum atomic E-state index is -1.07. The van der Waals surface area contributed by atoms with Crippen LogP contribution in [0.15, 0.2) is 0 Å². The second-order valence-corrected chi connectivity index (χ2v) is 3.53. The van der Waals surface area contributed by atoms with Crippen molar-refractivity contribution in [2.24, 2.45) is 0 Å². The van der Waals surface area contributed by atoms with E-state index < -0.39 is 12.0 Å². The molecule has 1 rings (SSSR count). The number of amides is 2. The number of piperazine rings is 1. The Bertz CT molecular complexity index is 302. The van der Waals surface area contributed by atoms with E-state index >= 15 is 0 Å². The molecule has 1 fully saturated rings. The summed E-state index contributed by atoms with van der Waals surface area (Å²) in [7, 11) is 0. The van der Waals surface area contributed by atoms with Gasteiger partial charge in [0.25, 0.3) is 0 Å². The Kier molecular flexibility index (Phi) is 3.28. The topological polar surface area (TPSA) is 77.9 Å². The summed E-state index contributed by atoms with van der Waals surface area (Å²) in [5, 5.41) is 8.93. The van der Waals surface area contributed by atoms with Crippen molar-refractivity contribution in [3.05, 3.63) is 0 Å². The second-order valence-electron chi connectivity index (χ2n) is 3.53. The summed E-state index contributed by atoms with van der Waals surface area (Å²) in [6.45, 7) is 3.48. The third-order valence-corrected chi connectivity index (χ3v) is 2.52. The molecule has 1 saturated heterocycles. The molecule has 0 aromatic heterocycles. The van der Waals surface area contributed by atoms with Gasteiger partial charge in [-0.2, -0.15) is 0 Å². The first-order valence-electron chi connectivity index (χ1n) is 4.69. The Morgan fingerprint density at radius 3 is 2.13 bits per heavy atom. The Balaban J connectivity index is 2.78. The van der Waals surface area contributed by atoms with E-state index in [2.05, 4.69) is 0 Å². The van der Waals surface area contributed by atoms with Gasteiger partial charge in [-0.25, -0.2) is 4.79 Å². The molecular weight excluding hydrogens is 200 g/mol. The van der Waals surface area contributed by atoms with Crippen molar-refractivity contribution in [1.29, 1.82) is 0 Å². The van der Waals surface area contributed by atoms with Crippen LogP contribution in [0.2, 0.25) is 0 Å². The molecule has 6 heteroatoms. The molecule has 0 aromatic carbocycles. The molecule has 6 nitrogen and oxygen atoms in total. The van der Waals surface area contributed by atoms with Crippen molar-refractivity contribution in [3.63, 3.8) is 0 Å². The van der Waals surface area contributed by atoms with Crippen LogP contribution in [-0.2, 0) is 14.4 Å². The highest BCUT2D eigenvalue weighted by molar-refractivity contribution is 5.84. The molecule has 1 aliphatic rings. The molecule has 1 atom stereocenters. The lowest BCUT2D eigenvalue weighted by molar-refractivity contribution is -0.155. The highest BCUT2D eigenvalue weighted by Crippen LogP contribution is 2.10. The second kappa shape index (κ2) is 4.29. The van der Waals surface area contributed by atoms with E-state index in [0.717, 1.165) is 0 Å². The number of nitrogens with zero attached hydrogens (tertiary/aromatic N) is 2. The third kappa shape index (κ3) is 2.45. The summed E-state index contributed by atoms with van der Waals surface area (Å²) < 4.78 is 0. The lowest BCUT2D eigenvalue weighted by Crippen LogP contribution is -2.58. The third-order valence-electron chi connectivity index (χ3n) is 2.52. The molecule has 0 spiro atoms. The van der Waals surface area contributed by atoms with E-state index in [1.165, 1.54) is 23.6 Å². The number of carbonyl (C=O) groups excluding carboxylic acids is 2. The SMILES string of the molecule is CC(=O)N1CCN(C(C)=O)C(C(=O)O)C1. The molecule has 1 N–H and O–H groups in total. The van der Waals surface area contributed by atoms with Crippen LogP contribution in [0.3, 0.4) is 0 Å². The fourth-order valence-electron chi connectivity index (χ4n) is 1.66. The molecular formula is C9H14N2O4. The summed E-state index contributed by atoms with van der Waals surface area (Å²) in [6, 6.07) is -0.917. The molecule has 0 aromatic rings.